The molecule has 2 aliphatic carbocycles. The summed E-state index contributed by atoms with van der Waals surface area (Å²) in [6, 6.07) is 21.3. The van der Waals surface area contributed by atoms with E-state index >= 15 is 0 Å². The average molecular weight is 455 g/mol. The van der Waals surface area contributed by atoms with Gasteiger partial charge < -0.3 is 10.6 Å². The van der Waals surface area contributed by atoms with Crippen molar-refractivity contribution in [3.05, 3.63) is 77.4 Å². The molecule has 2 aliphatic rings. The standard InChI is InChI=1S/C31H38N2O/c1-21(2)23-13-15-26-24(19-23)14-16-28-30(3,17-8-18-31(26,28)4)20-32-29(34)33-27-12-7-10-22-9-5-6-11-25(22)27/h5-7,9-13,15,19,21,28H,8,14,16-18,20H2,1-4H3,(H2,32,33,34). The summed E-state index contributed by atoms with van der Waals surface area (Å²) < 4.78 is 0. The van der Waals surface area contributed by atoms with Gasteiger partial charge in [-0.15, -0.1) is 0 Å². The minimum atomic E-state index is -0.109. The van der Waals surface area contributed by atoms with Crippen LogP contribution in [0.3, 0.4) is 0 Å². The van der Waals surface area contributed by atoms with Crippen molar-refractivity contribution in [3.8, 4) is 0 Å². The number of carbonyl (C=O) groups is 1. The van der Waals surface area contributed by atoms with Gasteiger partial charge in [-0.2, -0.15) is 0 Å². The van der Waals surface area contributed by atoms with E-state index in [4.69, 9.17) is 0 Å². The van der Waals surface area contributed by atoms with Crippen LogP contribution < -0.4 is 10.6 Å². The van der Waals surface area contributed by atoms with Crippen molar-refractivity contribution in [1.82, 2.24) is 5.32 Å². The molecule has 0 saturated heterocycles. The van der Waals surface area contributed by atoms with E-state index in [0.29, 0.717) is 18.4 Å². The lowest BCUT2D eigenvalue weighted by Gasteiger charge is -2.55. The first kappa shape index (κ1) is 23.0. The molecule has 0 spiro atoms. The van der Waals surface area contributed by atoms with Gasteiger partial charge >= 0.3 is 6.03 Å². The second-order valence-corrected chi connectivity index (χ2v) is 11.4. The topological polar surface area (TPSA) is 41.1 Å². The molecule has 1 saturated carbocycles. The van der Waals surface area contributed by atoms with Gasteiger partial charge in [-0.1, -0.05) is 88.7 Å². The molecule has 0 heterocycles. The minimum Gasteiger partial charge on any atom is -0.337 e. The molecule has 3 nitrogen and oxygen atoms in total. The van der Waals surface area contributed by atoms with Gasteiger partial charge in [-0.25, -0.2) is 4.79 Å². The van der Waals surface area contributed by atoms with E-state index in [1.54, 1.807) is 11.1 Å². The van der Waals surface area contributed by atoms with Gasteiger partial charge in [0.2, 0.25) is 0 Å². The summed E-state index contributed by atoms with van der Waals surface area (Å²) in [4.78, 5) is 13.0. The van der Waals surface area contributed by atoms with Crippen LogP contribution >= 0.6 is 0 Å². The van der Waals surface area contributed by atoms with E-state index in [9.17, 15) is 4.79 Å². The zero-order chi connectivity index (χ0) is 23.9. The maximum absolute atomic E-state index is 13.0. The molecule has 3 heteroatoms. The van der Waals surface area contributed by atoms with E-state index in [1.807, 2.05) is 24.3 Å². The fraction of sp³-hybridized carbons (Fsp3) is 0.452. The molecule has 178 valence electrons. The molecule has 1 fully saturated rings. The largest absolute Gasteiger partial charge is 0.337 e. The first-order valence-electron chi connectivity index (χ1n) is 13.0. The van der Waals surface area contributed by atoms with Crippen molar-refractivity contribution in [3.63, 3.8) is 0 Å². The average Bonchev–Trinajstić information content (AvgIpc) is 2.83. The molecule has 3 aromatic carbocycles. The number of nitrogens with one attached hydrogen (secondary N) is 2. The van der Waals surface area contributed by atoms with Crippen LogP contribution in [0.1, 0.15) is 76.0 Å². The molecule has 5 rings (SSSR count). The molecular formula is C31H38N2O. The number of anilines is 1. The fourth-order valence-corrected chi connectivity index (χ4v) is 7.00. The monoisotopic (exact) mass is 454 g/mol. The number of amides is 2. The van der Waals surface area contributed by atoms with Crippen LogP contribution in [0, 0.1) is 11.3 Å². The van der Waals surface area contributed by atoms with Crippen LogP contribution in [-0.4, -0.2) is 12.6 Å². The number of benzene rings is 3. The number of hydrogen-bond acceptors (Lipinski definition) is 1. The summed E-state index contributed by atoms with van der Waals surface area (Å²) in [6.07, 6.45) is 5.97. The van der Waals surface area contributed by atoms with Crippen molar-refractivity contribution in [2.75, 3.05) is 11.9 Å². The number of rotatable bonds is 4. The number of fused-ring (bicyclic) bond motifs is 4. The fourth-order valence-electron chi connectivity index (χ4n) is 7.00. The molecular weight excluding hydrogens is 416 g/mol. The van der Waals surface area contributed by atoms with Crippen molar-refractivity contribution in [2.45, 2.75) is 71.1 Å². The smallest absolute Gasteiger partial charge is 0.319 e. The lowest BCUT2D eigenvalue weighted by Crippen LogP contribution is -2.53. The Morgan fingerprint density at radius 2 is 1.82 bits per heavy atom. The maximum atomic E-state index is 13.0. The third kappa shape index (κ3) is 4.00. The van der Waals surface area contributed by atoms with Gasteiger partial charge in [0, 0.05) is 11.9 Å². The van der Waals surface area contributed by atoms with Crippen LogP contribution in [0.15, 0.2) is 60.7 Å². The maximum Gasteiger partial charge on any atom is 0.319 e. The second kappa shape index (κ2) is 8.76. The van der Waals surface area contributed by atoms with Crippen LogP contribution in [-0.2, 0) is 11.8 Å². The third-order valence-electron chi connectivity index (χ3n) is 8.86. The third-order valence-corrected chi connectivity index (χ3v) is 8.86. The highest BCUT2D eigenvalue weighted by atomic mass is 16.2. The number of hydrogen-bond donors (Lipinski definition) is 2. The molecule has 3 aromatic rings. The van der Waals surface area contributed by atoms with Gasteiger partial charge in [0.1, 0.15) is 0 Å². The Hall–Kier alpha value is -2.81. The Labute approximate surface area is 204 Å². The summed E-state index contributed by atoms with van der Waals surface area (Å²) in [5.41, 5.74) is 5.70. The zero-order valence-corrected chi connectivity index (χ0v) is 21.1. The van der Waals surface area contributed by atoms with Crippen LogP contribution in [0.2, 0.25) is 0 Å². The molecule has 0 radical (unpaired) electrons. The van der Waals surface area contributed by atoms with Crippen molar-refractivity contribution in [2.24, 2.45) is 11.3 Å². The molecule has 0 aliphatic heterocycles. The highest BCUT2D eigenvalue weighted by Crippen LogP contribution is 2.57. The Balaban J connectivity index is 1.33. The van der Waals surface area contributed by atoms with Gasteiger partial charge in [0.05, 0.1) is 5.69 Å². The van der Waals surface area contributed by atoms with E-state index in [1.165, 1.54) is 31.2 Å². The Morgan fingerprint density at radius 3 is 2.65 bits per heavy atom. The van der Waals surface area contributed by atoms with E-state index in [-0.39, 0.29) is 16.9 Å². The molecule has 0 aromatic heterocycles. The lowest BCUT2D eigenvalue weighted by atomic mass is 9.49. The molecule has 3 atom stereocenters. The van der Waals surface area contributed by atoms with Crippen molar-refractivity contribution in [1.29, 1.82) is 0 Å². The highest BCUT2D eigenvalue weighted by Gasteiger charge is 2.51. The number of aryl methyl sites for hydroxylation is 1. The van der Waals surface area contributed by atoms with Gasteiger partial charge in [0.25, 0.3) is 0 Å². The zero-order valence-electron chi connectivity index (χ0n) is 21.1. The summed E-state index contributed by atoms with van der Waals surface area (Å²) in [7, 11) is 0. The Morgan fingerprint density at radius 1 is 1.03 bits per heavy atom. The number of urea groups is 1. The summed E-state index contributed by atoms with van der Waals surface area (Å²) in [5, 5.41) is 8.57. The van der Waals surface area contributed by atoms with E-state index < -0.39 is 0 Å². The van der Waals surface area contributed by atoms with E-state index in [2.05, 4.69) is 74.7 Å². The highest BCUT2D eigenvalue weighted by molar-refractivity contribution is 6.01. The molecule has 3 unspecified atom stereocenters. The Bertz CT molecular complexity index is 1210. The minimum absolute atomic E-state index is 0.0947. The van der Waals surface area contributed by atoms with Crippen molar-refractivity contribution < 1.29 is 4.79 Å². The quantitative estimate of drug-likeness (QED) is 0.415. The number of carbonyl (C=O) groups excluding carboxylic acids is 1. The predicted octanol–water partition coefficient (Wildman–Crippen LogP) is 7.80. The second-order valence-electron chi connectivity index (χ2n) is 11.4. The summed E-state index contributed by atoms with van der Waals surface area (Å²) >= 11 is 0. The van der Waals surface area contributed by atoms with Crippen LogP contribution in [0.4, 0.5) is 10.5 Å². The summed E-state index contributed by atoms with van der Waals surface area (Å²) in [5.74, 6) is 1.14. The first-order valence-corrected chi connectivity index (χ1v) is 13.0. The van der Waals surface area contributed by atoms with Crippen LogP contribution in [0.25, 0.3) is 10.8 Å². The first-order chi connectivity index (χ1) is 16.3. The molecule has 34 heavy (non-hydrogen) atoms. The SMILES string of the molecule is CC(C)c1ccc2c(c1)CCC1C(C)(CNC(=O)Nc3cccc4ccccc34)CCCC21C. The van der Waals surface area contributed by atoms with Gasteiger partial charge in [-0.3, -0.25) is 0 Å². The van der Waals surface area contributed by atoms with E-state index in [0.717, 1.165) is 22.9 Å². The van der Waals surface area contributed by atoms with Gasteiger partial charge in [0.15, 0.2) is 0 Å². The van der Waals surface area contributed by atoms with Crippen LogP contribution in [0.5, 0.6) is 0 Å². The lowest BCUT2D eigenvalue weighted by molar-refractivity contribution is 0.0281. The molecule has 2 N–H and O–H groups in total. The summed E-state index contributed by atoms with van der Waals surface area (Å²) in [6.45, 7) is 10.2. The molecule has 0 bridgehead atoms. The van der Waals surface area contributed by atoms with Gasteiger partial charge in [-0.05, 0) is 76.5 Å². The normalized spacial score (nSPS) is 26.1. The Kier molecular flexibility index (Phi) is 5.91. The van der Waals surface area contributed by atoms with Crippen molar-refractivity contribution >= 4 is 22.5 Å². The molecule has 2 amide bonds. The predicted molar refractivity (Wildman–Crippen MR) is 143 cm³/mol.